The van der Waals surface area contributed by atoms with Gasteiger partial charge >= 0.3 is 0 Å². The van der Waals surface area contributed by atoms with Crippen LogP contribution >= 0.6 is 0 Å². The highest BCUT2D eigenvalue weighted by Crippen LogP contribution is 2.82. The van der Waals surface area contributed by atoms with Crippen molar-refractivity contribution in [1.29, 1.82) is 0 Å². The Bertz CT molecular complexity index is 460. The lowest BCUT2D eigenvalue weighted by Crippen LogP contribution is -2.64. The average molecular weight is 309 g/mol. The zero-order chi connectivity index (χ0) is 17.4. The van der Waals surface area contributed by atoms with Crippen molar-refractivity contribution >= 4 is 0 Å². The minimum atomic E-state index is -0.138. The molecule has 4 unspecified atom stereocenters. The maximum atomic E-state index is 6.62. The molecule has 2 heteroatoms. The van der Waals surface area contributed by atoms with Gasteiger partial charge in [-0.25, -0.2) is 0 Å². The van der Waals surface area contributed by atoms with Gasteiger partial charge in [-0.1, -0.05) is 55.4 Å². The molecule has 0 N–H and O–H groups in total. The van der Waals surface area contributed by atoms with Crippen molar-refractivity contribution in [2.24, 2.45) is 21.7 Å². The van der Waals surface area contributed by atoms with Gasteiger partial charge < -0.3 is 9.47 Å². The summed E-state index contributed by atoms with van der Waals surface area (Å²) in [6.45, 7) is 28.3. The van der Waals surface area contributed by atoms with E-state index >= 15 is 0 Å². The summed E-state index contributed by atoms with van der Waals surface area (Å²) in [4.78, 5) is 0. The summed E-state index contributed by atoms with van der Waals surface area (Å²) in [6.07, 6.45) is 0. The fourth-order valence-electron chi connectivity index (χ4n) is 6.05. The first-order valence-electron chi connectivity index (χ1n) is 8.82. The second kappa shape index (κ2) is 3.33. The summed E-state index contributed by atoms with van der Waals surface area (Å²) < 4.78 is 13.2. The first kappa shape index (κ1) is 16.8. The monoisotopic (exact) mass is 308 g/mol. The SMILES string of the molecule is CC1(C)C(C)(C)C2(C)OC2(C)C(C)(C)C(C)(C)C2(C)OC12C. The highest BCUT2D eigenvalue weighted by atomic mass is 16.6. The van der Waals surface area contributed by atoms with Crippen molar-refractivity contribution in [2.75, 3.05) is 0 Å². The van der Waals surface area contributed by atoms with Crippen molar-refractivity contribution in [2.45, 2.75) is 105 Å². The molecule has 4 atom stereocenters. The second-order valence-corrected chi connectivity index (χ2v) is 10.8. The van der Waals surface area contributed by atoms with E-state index in [1.807, 2.05) is 0 Å². The van der Waals surface area contributed by atoms with E-state index < -0.39 is 0 Å². The van der Waals surface area contributed by atoms with Gasteiger partial charge in [-0.3, -0.25) is 0 Å². The number of ether oxygens (including phenoxy) is 2. The van der Waals surface area contributed by atoms with Gasteiger partial charge in [0.05, 0.1) is 0 Å². The van der Waals surface area contributed by atoms with Gasteiger partial charge in [-0.15, -0.1) is 0 Å². The molecule has 2 aliphatic heterocycles. The van der Waals surface area contributed by atoms with Gasteiger partial charge in [0.2, 0.25) is 0 Å². The van der Waals surface area contributed by atoms with E-state index in [0.717, 1.165) is 0 Å². The van der Waals surface area contributed by atoms with Crippen molar-refractivity contribution in [1.82, 2.24) is 0 Å². The summed E-state index contributed by atoms with van der Waals surface area (Å²) in [5.41, 5.74) is -0.517. The molecule has 0 amide bonds. The highest BCUT2D eigenvalue weighted by Gasteiger charge is 2.90. The van der Waals surface area contributed by atoms with Crippen LogP contribution in [0.15, 0.2) is 0 Å². The third-order valence-electron chi connectivity index (χ3n) is 10.4. The van der Waals surface area contributed by atoms with Crippen LogP contribution in [0.3, 0.4) is 0 Å². The van der Waals surface area contributed by atoms with E-state index in [1.54, 1.807) is 0 Å². The van der Waals surface area contributed by atoms with Crippen LogP contribution in [-0.4, -0.2) is 22.4 Å². The Labute approximate surface area is 137 Å². The molecule has 3 aliphatic rings. The number of hydrogen-bond acceptors (Lipinski definition) is 2. The van der Waals surface area contributed by atoms with Crippen LogP contribution in [-0.2, 0) is 9.47 Å². The third-order valence-corrected chi connectivity index (χ3v) is 10.4. The molecule has 0 bridgehead atoms. The predicted molar refractivity (Wildman–Crippen MR) is 90.9 cm³/mol. The Kier molecular flexibility index (Phi) is 2.54. The number of epoxide rings is 2. The van der Waals surface area contributed by atoms with Gasteiger partial charge in [-0.2, -0.15) is 0 Å². The molecule has 2 heterocycles. The zero-order valence-corrected chi connectivity index (χ0v) is 16.8. The summed E-state index contributed by atoms with van der Waals surface area (Å²) in [5, 5.41) is 0. The smallest absolute Gasteiger partial charge is 0.101 e. The van der Waals surface area contributed by atoms with Gasteiger partial charge in [0.1, 0.15) is 22.4 Å². The number of fused-ring (bicyclic) bond motifs is 2. The van der Waals surface area contributed by atoms with Gasteiger partial charge in [0.25, 0.3) is 0 Å². The molecule has 0 spiro atoms. The fourth-order valence-corrected chi connectivity index (χ4v) is 6.05. The maximum absolute atomic E-state index is 6.62. The molecule has 128 valence electrons. The van der Waals surface area contributed by atoms with E-state index in [2.05, 4.69) is 83.1 Å². The quantitative estimate of drug-likeness (QED) is 0.575. The standard InChI is InChI=1S/C20H36O2/c1-13(2)14(3,4)18(10)20(12,22-18)16(7,8)15(5,6)19(11)17(13,9)21-19/h1-12H3. The van der Waals surface area contributed by atoms with Gasteiger partial charge in [-0.05, 0) is 27.7 Å². The first-order chi connectivity index (χ1) is 9.41. The van der Waals surface area contributed by atoms with Crippen molar-refractivity contribution in [3.05, 3.63) is 0 Å². The molecular formula is C20H36O2. The van der Waals surface area contributed by atoms with Crippen molar-refractivity contribution in [3.63, 3.8) is 0 Å². The average Bonchev–Trinajstić information content (AvgIpc) is 3.13. The van der Waals surface area contributed by atoms with Crippen LogP contribution in [0.5, 0.6) is 0 Å². The molecule has 2 saturated heterocycles. The molecule has 1 aliphatic carbocycles. The van der Waals surface area contributed by atoms with Crippen LogP contribution < -0.4 is 0 Å². The number of rotatable bonds is 0. The Morgan fingerprint density at radius 1 is 0.318 bits per heavy atom. The molecule has 2 nitrogen and oxygen atoms in total. The van der Waals surface area contributed by atoms with E-state index in [1.165, 1.54) is 0 Å². The fraction of sp³-hybridized carbons (Fsp3) is 1.00. The van der Waals surface area contributed by atoms with Crippen LogP contribution in [0.4, 0.5) is 0 Å². The van der Waals surface area contributed by atoms with E-state index in [-0.39, 0.29) is 44.1 Å². The second-order valence-electron chi connectivity index (χ2n) is 10.8. The maximum Gasteiger partial charge on any atom is 0.101 e. The highest BCUT2D eigenvalue weighted by molar-refractivity contribution is 5.38. The largest absolute Gasteiger partial charge is 0.362 e. The van der Waals surface area contributed by atoms with Crippen LogP contribution in [0.2, 0.25) is 0 Å². The Hall–Kier alpha value is -0.0800. The molecule has 0 aromatic carbocycles. The van der Waals surface area contributed by atoms with Gasteiger partial charge in [0, 0.05) is 21.7 Å². The molecule has 22 heavy (non-hydrogen) atoms. The molecule has 1 saturated carbocycles. The van der Waals surface area contributed by atoms with Gasteiger partial charge in [0.15, 0.2) is 0 Å². The minimum absolute atomic E-state index is 0.00896. The van der Waals surface area contributed by atoms with Crippen molar-refractivity contribution in [3.8, 4) is 0 Å². The van der Waals surface area contributed by atoms with Crippen LogP contribution in [0.1, 0.15) is 83.1 Å². The van der Waals surface area contributed by atoms with E-state index in [4.69, 9.17) is 9.47 Å². The topological polar surface area (TPSA) is 25.1 Å². The molecule has 0 aromatic heterocycles. The lowest BCUT2D eigenvalue weighted by atomic mass is 9.42. The molecule has 0 radical (unpaired) electrons. The zero-order valence-electron chi connectivity index (χ0n) is 16.8. The van der Waals surface area contributed by atoms with Crippen molar-refractivity contribution < 1.29 is 9.47 Å². The van der Waals surface area contributed by atoms with Crippen LogP contribution in [0.25, 0.3) is 0 Å². The van der Waals surface area contributed by atoms with E-state index in [0.29, 0.717) is 0 Å². The minimum Gasteiger partial charge on any atom is -0.362 e. The summed E-state index contributed by atoms with van der Waals surface area (Å²) >= 11 is 0. The predicted octanol–water partition coefficient (Wildman–Crippen LogP) is 5.20. The Morgan fingerprint density at radius 2 is 0.455 bits per heavy atom. The van der Waals surface area contributed by atoms with E-state index in [9.17, 15) is 0 Å². The Balaban J connectivity index is 2.32. The molecule has 3 rings (SSSR count). The van der Waals surface area contributed by atoms with Crippen LogP contribution in [0, 0.1) is 21.7 Å². The molecular weight excluding hydrogens is 272 g/mol. The Morgan fingerprint density at radius 3 is 0.591 bits per heavy atom. The third kappa shape index (κ3) is 1.12. The number of hydrogen-bond donors (Lipinski definition) is 0. The lowest BCUT2D eigenvalue weighted by molar-refractivity contribution is -0.0590. The summed E-state index contributed by atoms with van der Waals surface area (Å²) in [6, 6.07) is 0. The lowest BCUT2D eigenvalue weighted by Gasteiger charge is -2.57. The summed E-state index contributed by atoms with van der Waals surface area (Å²) in [7, 11) is 0. The first-order valence-corrected chi connectivity index (χ1v) is 8.82. The summed E-state index contributed by atoms with van der Waals surface area (Å²) in [5.74, 6) is 0. The normalized spacial score (nSPS) is 56.2. The molecule has 3 fully saturated rings. The molecule has 0 aromatic rings.